The quantitative estimate of drug-likeness (QED) is 0.584. The number of carbonyl (C=O) groups is 2. The molecule has 3 rings (SSSR count). The van der Waals surface area contributed by atoms with Crippen LogP contribution in [0.4, 0.5) is 0 Å². The number of amides is 1. The third-order valence-corrected chi connectivity index (χ3v) is 5.11. The Morgan fingerprint density at radius 1 is 1.00 bits per heavy atom. The third kappa shape index (κ3) is 5.28. The van der Waals surface area contributed by atoms with Gasteiger partial charge in [-0.15, -0.1) is 0 Å². The van der Waals surface area contributed by atoms with E-state index < -0.39 is 17.9 Å². The van der Waals surface area contributed by atoms with Crippen molar-refractivity contribution in [3.05, 3.63) is 82.5 Å². The van der Waals surface area contributed by atoms with Gasteiger partial charge < -0.3 is 15.2 Å². The van der Waals surface area contributed by atoms with Crippen molar-refractivity contribution in [3.8, 4) is 17.0 Å². The van der Waals surface area contributed by atoms with Crippen LogP contribution in [0.2, 0.25) is 0 Å². The van der Waals surface area contributed by atoms with Crippen LogP contribution in [0.25, 0.3) is 11.3 Å². The number of rotatable bonds is 7. The highest BCUT2D eigenvalue weighted by Crippen LogP contribution is 2.31. The number of aromatic nitrogens is 1. The van der Waals surface area contributed by atoms with Gasteiger partial charge in [0.05, 0.1) is 19.6 Å². The minimum atomic E-state index is -0.996. The Hall–Kier alpha value is -3.67. The SMILES string of the molecule is COc1ccc(C(=O)NC(CC(=O)O)c2ccc(C)cc2)nc1-c1ccc(C)cc1C. The number of nitrogens with one attached hydrogen (secondary N) is 1. The Bertz CT molecular complexity index is 1110. The molecule has 2 aromatic carbocycles. The summed E-state index contributed by atoms with van der Waals surface area (Å²) in [5.41, 5.74) is 5.56. The summed E-state index contributed by atoms with van der Waals surface area (Å²) in [6.45, 7) is 5.94. The summed E-state index contributed by atoms with van der Waals surface area (Å²) < 4.78 is 5.46. The second-order valence-corrected chi connectivity index (χ2v) is 7.60. The Morgan fingerprint density at radius 3 is 2.29 bits per heavy atom. The fourth-order valence-electron chi connectivity index (χ4n) is 3.47. The van der Waals surface area contributed by atoms with Crippen molar-refractivity contribution in [1.29, 1.82) is 0 Å². The van der Waals surface area contributed by atoms with E-state index in [1.54, 1.807) is 19.2 Å². The second kappa shape index (κ2) is 9.43. The fourth-order valence-corrected chi connectivity index (χ4v) is 3.47. The average molecular weight is 418 g/mol. The number of carboxylic acid groups (broad SMARTS) is 1. The number of nitrogens with zero attached hydrogens (tertiary/aromatic N) is 1. The Labute approximate surface area is 181 Å². The molecule has 0 bridgehead atoms. The Balaban J connectivity index is 1.94. The molecule has 0 spiro atoms. The molecule has 2 N–H and O–H groups in total. The first-order chi connectivity index (χ1) is 14.8. The molecule has 3 aromatic rings. The molecule has 0 radical (unpaired) electrons. The second-order valence-electron chi connectivity index (χ2n) is 7.60. The van der Waals surface area contributed by atoms with E-state index in [1.165, 1.54) is 0 Å². The number of ether oxygens (including phenoxy) is 1. The third-order valence-electron chi connectivity index (χ3n) is 5.11. The van der Waals surface area contributed by atoms with Gasteiger partial charge in [0, 0.05) is 5.56 Å². The van der Waals surface area contributed by atoms with Crippen LogP contribution >= 0.6 is 0 Å². The van der Waals surface area contributed by atoms with Crippen LogP contribution in [0.3, 0.4) is 0 Å². The van der Waals surface area contributed by atoms with Gasteiger partial charge in [-0.25, -0.2) is 4.98 Å². The van der Waals surface area contributed by atoms with E-state index in [9.17, 15) is 14.7 Å². The first-order valence-electron chi connectivity index (χ1n) is 10.0. The number of aryl methyl sites for hydroxylation is 3. The van der Waals surface area contributed by atoms with E-state index >= 15 is 0 Å². The molecular weight excluding hydrogens is 392 g/mol. The number of hydrogen-bond donors (Lipinski definition) is 2. The molecule has 160 valence electrons. The van der Waals surface area contributed by atoms with Crippen molar-refractivity contribution in [2.24, 2.45) is 0 Å². The molecule has 0 saturated heterocycles. The molecule has 1 amide bonds. The minimum absolute atomic E-state index is 0.193. The van der Waals surface area contributed by atoms with Crippen molar-refractivity contribution < 1.29 is 19.4 Å². The molecule has 0 fully saturated rings. The summed E-state index contributed by atoms with van der Waals surface area (Å²) in [5, 5.41) is 12.1. The molecular formula is C25H26N2O4. The normalized spacial score (nSPS) is 11.6. The highest BCUT2D eigenvalue weighted by Gasteiger charge is 2.21. The summed E-state index contributed by atoms with van der Waals surface area (Å²) in [7, 11) is 1.56. The monoisotopic (exact) mass is 418 g/mol. The average Bonchev–Trinajstić information content (AvgIpc) is 2.73. The van der Waals surface area contributed by atoms with Crippen molar-refractivity contribution in [1.82, 2.24) is 10.3 Å². The molecule has 6 heteroatoms. The first kappa shape index (κ1) is 22.0. The van der Waals surface area contributed by atoms with Gasteiger partial charge in [0.2, 0.25) is 0 Å². The smallest absolute Gasteiger partial charge is 0.305 e. The van der Waals surface area contributed by atoms with Crippen molar-refractivity contribution >= 4 is 11.9 Å². The first-order valence-corrected chi connectivity index (χ1v) is 10.0. The maximum atomic E-state index is 13.0. The molecule has 6 nitrogen and oxygen atoms in total. The number of carboxylic acids is 1. The molecule has 0 aliphatic carbocycles. The molecule has 1 atom stereocenters. The number of aliphatic carboxylic acids is 1. The lowest BCUT2D eigenvalue weighted by atomic mass is 10.0. The van der Waals surface area contributed by atoms with E-state index in [0.717, 1.165) is 27.8 Å². The van der Waals surface area contributed by atoms with Crippen molar-refractivity contribution in [2.75, 3.05) is 7.11 Å². The van der Waals surface area contributed by atoms with Crippen LogP contribution in [0.5, 0.6) is 5.75 Å². The van der Waals surface area contributed by atoms with E-state index in [0.29, 0.717) is 11.4 Å². The molecule has 31 heavy (non-hydrogen) atoms. The van der Waals surface area contributed by atoms with Gasteiger partial charge in [-0.3, -0.25) is 9.59 Å². The number of methoxy groups -OCH3 is 1. The summed E-state index contributed by atoms with van der Waals surface area (Å²) in [5.74, 6) is -0.880. The van der Waals surface area contributed by atoms with Crippen LogP contribution in [0.1, 0.15) is 45.2 Å². The molecule has 1 heterocycles. The molecule has 1 aromatic heterocycles. The van der Waals surface area contributed by atoms with E-state index in [2.05, 4.69) is 10.3 Å². The summed E-state index contributed by atoms with van der Waals surface area (Å²) in [6, 6.07) is 16.0. The van der Waals surface area contributed by atoms with E-state index in [4.69, 9.17) is 4.74 Å². The summed E-state index contributed by atoms with van der Waals surface area (Å²) in [4.78, 5) is 28.9. The summed E-state index contributed by atoms with van der Waals surface area (Å²) >= 11 is 0. The van der Waals surface area contributed by atoms with Gasteiger partial charge in [0.25, 0.3) is 5.91 Å². The van der Waals surface area contributed by atoms with Gasteiger partial charge in [0.15, 0.2) is 0 Å². The molecule has 0 aliphatic rings. The summed E-state index contributed by atoms with van der Waals surface area (Å²) in [6.07, 6.45) is -0.227. The Kier molecular flexibility index (Phi) is 6.70. The maximum absolute atomic E-state index is 13.0. The highest BCUT2D eigenvalue weighted by molar-refractivity contribution is 5.94. The number of benzene rings is 2. The highest BCUT2D eigenvalue weighted by atomic mass is 16.5. The van der Waals surface area contributed by atoms with Crippen LogP contribution in [-0.2, 0) is 4.79 Å². The predicted octanol–water partition coefficient (Wildman–Crippen LogP) is 4.63. The van der Waals surface area contributed by atoms with Gasteiger partial charge in [-0.05, 0) is 44.0 Å². The zero-order chi connectivity index (χ0) is 22.5. The molecule has 0 saturated carbocycles. The zero-order valence-corrected chi connectivity index (χ0v) is 18.1. The van der Waals surface area contributed by atoms with Crippen molar-refractivity contribution in [2.45, 2.75) is 33.2 Å². The van der Waals surface area contributed by atoms with Gasteiger partial charge >= 0.3 is 5.97 Å². The van der Waals surface area contributed by atoms with Crippen LogP contribution in [0.15, 0.2) is 54.6 Å². The van der Waals surface area contributed by atoms with Crippen LogP contribution < -0.4 is 10.1 Å². The molecule has 0 aliphatic heterocycles. The predicted molar refractivity (Wildman–Crippen MR) is 119 cm³/mol. The lowest BCUT2D eigenvalue weighted by Crippen LogP contribution is -2.31. The lowest BCUT2D eigenvalue weighted by molar-refractivity contribution is -0.137. The van der Waals surface area contributed by atoms with Crippen LogP contribution in [-0.4, -0.2) is 29.1 Å². The topological polar surface area (TPSA) is 88.5 Å². The zero-order valence-electron chi connectivity index (χ0n) is 18.1. The number of hydrogen-bond acceptors (Lipinski definition) is 4. The molecule has 1 unspecified atom stereocenters. The van der Waals surface area contributed by atoms with Crippen molar-refractivity contribution in [3.63, 3.8) is 0 Å². The number of pyridine rings is 1. The fraction of sp³-hybridized carbons (Fsp3) is 0.240. The van der Waals surface area contributed by atoms with E-state index in [1.807, 2.05) is 63.2 Å². The van der Waals surface area contributed by atoms with Gasteiger partial charge in [-0.1, -0.05) is 53.6 Å². The van der Waals surface area contributed by atoms with E-state index in [-0.39, 0.29) is 12.1 Å². The van der Waals surface area contributed by atoms with Gasteiger partial charge in [-0.2, -0.15) is 0 Å². The largest absolute Gasteiger partial charge is 0.494 e. The number of carbonyl (C=O) groups excluding carboxylic acids is 1. The Morgan fingerprint density at radius 2 is 1.68 bits per heavy atom. The van der Waals surface area contributed by atoms with Crippen LogP contribution in [0, 0.1) is 20.8 Å². The standard InChI is InChI=1S/C25H26N2O4/c1-15-5-8-18(9-6-15)21(14-23(28)29)27-25(30)20-11-12-22(31-4)24(26-20)19-10-7-16(2)13-17(19)3/h5-13,21H,14H2,1-4H3,(H,27,30)(H,28,29). The van der Waals surface area contributed by atoms with Gasteiger partial charge in [0.1, 0.15) is 17.1 Å². The maximum Gasteiger partial charge on any atom is 0.305 e. The lowest BCUT2D eigenvalue weighted by Gasteiger charge is -2.18. The minimum Gasteiger partial charge on any atom is -0.494 e.